The highest BCUT2D eigenvalue weighted by Crippen LogP contribution is 2.39. The Morgan fingerprint density at radius 3 is 2.08 bits per heavy atom. The number of carboxylic acid groups (broad SMARTS) is 1. The third-order valence-corrected chi connectivity index (χ3v) is 8.76. The molecule has 2 fully saturated rings. The summed E-state index contributed by atoms with van der Waals surface area (Å²) in [4.78, 5) is 29.8. The molecule has 0 saturated heterocycles. The van der Waals surface area contributed by atoms with E-state index >= 15 is 0 Å². The SMILES string of the molecule is [2H]C(c1ccc(-c2ccc(N(C)C)cc2)cc1)N(C(=O)C1CCCCC1)c1cccc(C2CCCCC2C(=O)O)c1. The quantitative estimate of drug-likeness (QED) is 0.316. The topological polar surface area (TPSA) is 60.9 Å². The van der Waals surface area contributed by atoms with E-state index in [4.69, 9.17) is 0 Å². The van der Waals surface area contributed by atoms with Gasteiger partial charge in [0.05, 0.1) is 13.8 Å². The molecule has 5 rings (SSSR count). The summed E-state index contributed by atoms with van der Waals surface area (Å²) in [5.41, 5.74) is 5.71. The number of nitrogens with zero attached hydrogens (tertiary/aromatic N) is 2. The molecule has 1 N–H and O–H groups in total. The first-order chi connectivity index (χ1) is 19.8. The Hall–Kier alpha value is -3.60. The van der Waals surface area contributed by atoms with Gasteiger partial charge in [0.15, 0.2) is 0 Å². The molecule has 40 heavy (non-hydrogen) atoms. The zero-order valence-corrected chi connectivity index (χ0v) is 23.8. The summed E-state index contributed by atoms with van der Waals surface area (Å²) in [6.07, 6.45) is 8.39. The Labute approximate surface area is 240 Å². The van der Waals surface area contributed by atoms with Crippen LogP contribution in [0.15, 0.2) is 72.8 Å². The molecule has 210 valence electrons. The Balaban J connectivity index is 1.46. The fourth-order valence-electron chi connectivity index (χ4n) is 6.41. The van der Waals surface area contributed by atoms with Gasteiger partial charge in [-0.3, -0.25) is 9.59 Å². The number of anilines is 2. The predicted molar refractivity (Wildman–Crippen MR) is 163 cm³/mol. The molecule has 0 radical (unpaired) electrons. The highest BCUT2D eigenvalue weighted by Gasteiger charge is 2.33. The van der Waals surface area contributed by atoms with E-state index in [9.17, 15) is 16.1 Å². The lowest BCUT2D eigenvalue weighted by molar-refractivity contribution is -0.143. The molecule has 5 nitrogen and oxygen atoms in total. The van der Waals surface area contributed by atoms with Crippen molar-refractivity contribution in [2.24, 2.45) is 11.8 Å². The van der Waals surface area contributed by atoms with Crippen LogP contribution in [-0.2, 0) is 16.1 Å². The average Bonchev–Trinajstić information content (AvgIpc) is 3.01. The standard InChI is InChI=1S/C35H42N2O3/c1-36(2)30-21-19-27(20-22-30)26-17-15-25(16-18-26)24-37(34(38)28-9-4-3-5-10-28)31-12-8-11-29(23-31)32-13-6-7-14-33(32)35(39)40/h8,11-12,15-23,28,32-33H,3-7,9-10,13-14,24H2,1-2H3,(H,39,40)/i24D. The van der Waals surface area contributed by atoms with Crippen LogP contribution < -0.4 is 9.80 Å². The van der Waals surface area contributed by atoms with Gasteiger partial charge in [-0.2, -0.15) is 0 Å². The van der Waals surface area contributed by atoms with Gasteiger partial charge in [-0.05, 0) is 78.1 Å². The Bertz CT molecular complexity index is 1330. The lowest BCUT2D eigenvalue weighted by atomic mass is 9.75. The van der Waals surface area contributed by atoms with E-state index in [0.717, 1.165) is 79.3 Å². The maximum atomic E-state index is 14.1. The van der Waals surface area contributed by atoms with Crippen LogP contribution in [0.4, 0.5) is 11.4 Å². The molecule has 0 aliphatic heterocycles. The van der Waals surface area contributed by atoms with Gasteiger partial charge in [-0.25, -0.2) is 0 Å². The molecule has 5 heteroatoms. The maximum Gasteiger partial charge on any atom is 0.307 e. The van der Waals surface area contributed by atoms with E-state index in [2.05, 4.69) is 29.2 Å². The predicted octanol–water partition coefficient (Wildman–Crippen LogP) is 7.89. The molecular formula is C35H42N2O3. The van der Waals surface area contributed by atoms with Crippen molar-refractivity contribution >= 4 is 23.3 Å². The van der Waals surface area contributed by atoms with Crippen LogP contribution >= 0.6 is 0 Å². The highest BCUT2D eigenvalue weighted by molar-refractivity contribution is 5.95. The summed E-state index contributed by atoms with van der Waals surface area (Å²) >= 11 is 0. The molecule has 2 saturated carbocycles. The van der Waals surface area contributed by atoms with Gasteiger partial charge in [0.25, 0.3) is 0 Å². The molecule has 0 aromatic heterocycles. The Morgan fingerprint density at radius 1 is 0.800 bits per heavy atom. The molecule has 3 aromatic rings. The van der Waals surface area contributed by atoms with Gasteiger partial charge in [-0.1, -0.05) is 80.6 Å². The molecular weight excluding hydrogens is 496 g/mol. The Morgan fingerprint density at radius 2 is 1.43 bits per heavy atom. The monoisotopic (exact) mass is 539 g/mol. The molecule has 2 aliphatic carbocycles. The summed E-state index contributed by atoms with van der Waals surface area (Å²) in [5, 5.41) is 9.89. The summed E-state index contributed by atoms with van der Waals surface area (Å²) < 4.78 is 9.34. The van der Waals surface area contributed by atoms with Crippen LogP contribution in [-0.4, -0.2) is 31.1 Å². The number of carbonyl (C=O) groups excluding carboxylic acids is 1. The number of aliphatic carboxylic acids is 1. The smallest absolute Gasteiger partial charge is 0.307 e. The van der Waals surface area contributed by atoms with Gasteiger partial charge >= 0.3 is 5.97 Å². The van der Waals surface area contributed by atoms with E-state index in [1.807, 2.05) is 62.6 Å². The van der Waals surface area contributed by atoms with Gasteiger partial charge in [-0.15, -0.1) is 0 Å². The van der Waals surface area contributed by atoms with Crippen molar-refractivity contribution in [3.8, 4) is 11.1 Å². The first-order valence-corrected chi connectivity index (χ1v) is 14.8. The number of rotatable bonds is 8. The molecule has 0 spiro atoms. The van der Waals surface area contributed by atoms with E-state index < -0.39 is 18.4 Å². The highest BCUT2D eigenvalue weighted by atomic mass is 16.4. The molecule has 0 heterocycles. The second-order valence-corrected chi connectivity index (χ2v) is 11.7. The molecule has 0 bridgehead atoms. The van der Waals surface area contributed by atoms with E-state index in [1.165, 1.54) is 0 Å². The van der Waals surface area contributed by atoms with Crippen LogP contribution in [0.1, 0.15) is 76.2 Å². The van der Waals surface area contributed by atoms with Crippen molar-refractivity contribution in [3.05, 3.63) is 83.9 Å². The van der Waals surface area contributed by atoms with Gasteiger partial charge in [0.2, 0.25) is 5.91 Å². The van der Waals surface area contributed by atoms with Crippen molar-refractivity contribution < 1.29 is 16.1 Å². The van der Waals surface area contributed by atoms with Crippen molar-refractivity contribution in [2.75, 3.05) is 23.9 Å². The van der Waals surface area contributed by atoms with Crippen molar-refractivity contribution in [2.45, 2.75) is 70.2 Å². The van der Waals surface area contributed by atoms with Crippen molar-refractivity contribution in [3.63, 3.8) is 0 Å². The fourth-order valence-corrected chi connectivity index (χ4v) is 6.41. The second kappa shape index (κ2) is 12.7. The van der Waals surface area contributed by atoms with Crippen LogP contribution in [0.2, 0.25) is 0 Å². The Kier molecular flexibility index (Phi) is 8.46. The van der Waals surface area contributed by atoms with E-state index in [0.29, 0.717) is 12.1 Å². The number of hydrogen-bond acceptors (Lipinski definition) is 3. The molecule has 1 amide bonds. The summed E-state index contributed by atoms with van der Waals surface area (Å²) in [5.74, 6) is -1.31. The summed E-state index contributed by atoms with van der Waals surface area (Å²) in [7, 11) is 4.04. The first-order valence-electron chi connectivity index (χ1n) is 15.4. The maximum absolute atomic E-state index is 14.1. The fraction of sp³-hybridized carbons (Fsp3) is 0.429. The zero-order chi connectivity index (χ0) is 28.9. The van der Waals surface area contributed by atoms with Crippen LogP contribution in [0.3, 0.4) is 0 Å². The minimum absolute atomic E-state index is 0.00336. The minimum Gasteiger partial charge on any atom is -0.481 e. The van der Waals surface area contributed by atoms with Gasteiger partial charge < -0.3 is 14.9 Å². The third-order valence-electron chi connectivity index (χ3n) is 8.76. The average molecular weight is 540 g/mol. The summed E-state index contributed by atoms with van der Waals surface area (Å²) in [6, 6.07) is 24.2. The first kappa shape index (κ1) is 26.6. The van der Waals surface area contributed by atoms with Gasteiger partial charge in [0.1, 0.15) is 0 Å². The number of benzene rings is 3. The van der Waals surface area contributed by atoms with Gasteiger partial charge in [0, 0.05) is 31.4 Å². The second-order valence-electron chi connectivity index (χ2n) is 11.7. The normalized spacial score (nSPS) is 20.8. The zero-order valence-electron chi connectivity index (χ0n) is 24.8. The number of amides is 1. The van der Waals surface area contributed by atoms with Crippen LogP contribution in [0, 0.1) is 11.8 Å². The minimum atomic E-state index is -0.897. The lowest BCUT2D eigenvalue weighted by Gasteiger charge is -2.32. The van der Waals surface area contributed by atoms with Crippen LogP contribution in [0.25, 0.3) is 11.1 Å². The van der Waals surface area contributed by atoms with Crippen molar-refractivity contribution in [1.29, 1.82) is 0 Å². The lowest BCUT2D eigenvalue weighted by Crippen LogP contribution is -2.37. The molecule has 3 atom stereocenters. The number of carbonyl (C=O) groups is 2. The summed E-state index contributed by atoms with van der Waals surface area (Å²) in [6.45, 7) is -0.897. The third kappa shape index (κ3) is 6.41. The van der Waals surface area contributed by atoms with Crippen molar-refractivity contribution in [1.82, 2.24) is 0 Å². The number of carboxylic acids is 1. The largest absolute Gasteiger partial charge is 0.481 e. The molecule has 3 aromatic carbocycles. The number of hydrogen-bond donors (Lipinski definition) is 1. The van der Waals surface area contributed by atoms with E-state index in [1.54, 1.807) is 4.90 Å². The molecule has 3 unspecified atom stereocenters. The van der Waals surface area contributed by atoms with E-state index in [-0.39, 0.29) is 17.7 Å². The van der Waals surface area contributed by atoms with Crippen LogP contribution in [0.5, 0.6) is 0 Å². The molecule has 2 aliphatic rings.